The third-order valence-corrected chi connectivity index (χ3v) is 3.53. The molecule has 0 unspecified atom stereocenters. The second-order valence-electron chi connectivity index (χ2n) is 4.97. The van der Waals surface area contributed by atoms with Crippen LogP contribution in [-0.4, -0.2) is 38.7 Å². The second kappa shape index (κ2) is 5.01. The first kappa shape index (κ1) is 13.3. The molecule has 0 aliphatic carbocycles. The largest absolute Gasteiger partial charge is 0.478 e. The Morgan fingerprint density at radius 2 is 2.10 bits per heavy atom. The van der Waals surface area contributed by atoms with Crippen LogP contribution in [-0.2, 0) is 6.42 Å². The Balaban J connectivity index is 1.98. The third-order valence-electron chi connectivity index (χ3n) is 3.53. The molecule has 3 heterocycles. The van der Waals surface area contributed by atoms with Crippen LogP contribution in [0.5, 0.6) is 0 Å². The van der Waals surface area contributed by atoms with E-state index in [9.17, 15) is 9.59 Å². The van der Waals surface area contributed by atoms with Crippen molar-refractivity contribution in [3.05, 3.63) is 41.0 Å². The maximum atomic E-state index is 12.6. The summed E-state index contributed by atoms with van der Waals surface area (Å²) in [4.78, 5) is 29.1. The van der Waals surface area contributed by atoms with E-state index < -0.39 is 5.97 Å². The van der Waals surface area contributed by atoms with Gasteiger partial charge in [-0.05, 0) is 25.8 Å². The minimum Gasteiger partial charge on any atom is -0.478 e. The highest BCUT2D eigenvalue weighted by Crippen LogP contribution is 2.29. The number of hydrogen-bond donors (Lipinski definition) is 2. The maximum absolute atomic E-state index is 12.6. The number of aryl methyl sites for hydroxylation is 2. The summed E-state index contributed by atoms with van der Waals surface area (Å²) in [7, 11) is 0. The summed E-state index contributed by atoms with van der Waals surface area (Å²) in [5, 5.41) is 16.1. The standard InChI is InChI=1S/C14H14N4O3/c1-8-12-11(17-16-8)3-2-4-18(12)13(19)9-5-10(14(20)21)7-15-6-9/h5-7H,2-4H2,1H3,(H,16,17)(H,20,21). The molecule has 1 amide bonds. The van der Waals surface area contributed by atoms with Gasteiger partial charge in [0.1, 0.15) is 0 Å². The first-order valence-corrected chi connectivity index (χ1v) is 6.62. The number of nitrogens with one attached hydrogen (secondary N) is 1. The fourth-order valence-electron chi connectivity index (χ4n) is 2.56. The Labute approximate surface area is 120 Å². The lowest BCUT2D eigenvalue weighted by Crippen LogP contribution is -2.35. The summed E-state index contributed by atoms with van der Waals surface area (Å²) in [6, 6.07) is 1.35. The fraction of sp³-hybridized carbons (Fsp3) is 0.286. The summed E-state index contributed by atoms with van der Waals surface area (Å²) < 4.78 is 0. The Morgan fingerprint density at radius 3 is 2.86 bits per heavy atom. The molecule has 0 saturated heterocycles. The lowest BCUT2D eigenvalue weighted by molar-refractivity contribution is 0.0696. The van der Waals surface area contributed by atoms with E-state index in [1.807, 2.05) is 6.92 Å². The molecule has 7 heteroatoms. The first-order chi connectivity index (χ1) is 10.1. The molecule has 21 heavy (non-hydrogen) atoms. The minimum absolute atomic E-state index is 0.00185. The number of carboxylic acids is 1. The van der Waals surface area contributed by atoms with Gasteiger partial charge >= 0.3 is 5.97 Å². The van der Waals surface area contributed by atoms with E-state index in [1.54, 1.807) is 4.90 Å². The van der Waals surface area contributed by atoms with E-state index in [2.05, 4.69) is 15.2 Å². The van der Waals surface area contributed by atoms with Crippen molar-refractivity contribution < 1.29 is 14.7 Å². The molecule has 3 rings (SSSR count). The predicted octanol–water partition coefficient (Wildman–Crippen LogP) is 1.40. The third kappa shape index (κ3) is 2.26. The first-order valence-electron chi connectivity index (χ1n) is 6.62. The van der Waals surface area contributed by atoms with Crippen LogP contribution in [0, 0.1) is 6.92 Å². The molecule has 0 bridgehead atoms. The van der Waals surface area contributed by atoms with E-state index in [0.717, 1.165) is 29.9 Å². The highest BCUT2D eigenvalue weighted by molar-refractivity contribution is 6.07. The van der Waals surface area contributed by atoms with Gasteiger partial charge in [0.25, 0.3) is 5.91 Å². The molecule has 0 fully saturated rings. The fourth-order valence-corrected chi connectivity index (χ4v) is 2.56. The number of nitrogens with zero attached hydrogens (tertiary/aromatic N) is 3. The van der Waals surface area contributed by atoms with E-state index in [0.29, 0.717) is 6.54 Å². The van der Waals surface area contributed by atoms with Crippen LogP contribution in [0.25, 0.3) is 0 Å². The number of amides is 1. The summed E-state index contributed by atoms with van der Waals surface area (Å²) in [6.45, 7) is 2.45. The lowest BCUT2D eigenvalue weighted by atomic mass is 10.1. The zero-order chi connectivity index (χ0) is 15.0. The number of carbonyl (C=O) groups is 2. The highest BCUT2D eigenvalue weighted by Gasteiger charge is 2.27. The highest BCUT2D eigenvalue weighted by atomic mass is 16.4. The molecule has 2 N–H and O–H groups in total. The average Bonchev–Trinajstić information content (AvgIpc) is 2.88. The molecule has 0 aromatic carbocycles. The normalized spacial score (nSPS) is 13.9. The summed E-state index contributed by atoms with van der Waals surface area (Å²) in [5.41, 5.74) is 2.77. The summed E-state index contributed by atoms with van der Waals surface area (Å²) in [6.07, 6.45) is 4.27. The summed E-state index contributed by atoms with van der Waals surface area (Å²) >= 11 is 0. The Bertz CT molecular complexity index is 723. The molecular weight excluding hydrogens is 272 g/mol. The van der Waals surface area contributed by atoms with Gasteiger partial charge in [0.05, 0.1) is 28.2 Å². The zero-order valence-electron chi connectivity index (χ0n) is 11.5. The van der Waals surface area contributed by atoms with Crippen LogP contribution < -0.4 is 4.90 Å². The van der Waals surface area contributed by atoms with Crippen molar-refractivity contribution in [2.24, 2.45) is 0 Å². The van der Waals surface area contributed by atoms with Crippen LogP contribution in [0.4, 0.5) is 5.69 Å². The number of carbonyl (C=O) groups excluding carboxylic acids is 1. The molecule has 1 aliphatic heterocycles. The Kier molecular flexibility index (Phi) is 3.17. The van der Waals surface area contributed by atoms with E-state index in [4.69, 9.17) is 5.11 Å². The van der Waals surface area contributed by atoms with Gasteiger partial charge in [0.2, 0.25) is 0 Å². The molecule has 7 nitrogen and oxygen atoms in total. The van der Waals surface area contributed by atoms with Crippen molar-refractivity contribution in [3.63, 3.8) is 0 Å². The average molecular weight is 286 g/mol. The van der Waals surface area contributed by atoms with Crippen molar-refractivity contribution in [2.45, 2.75) is 19.8 Å². The van der Waals surface area contributed by atoms with Gasteiger partial charge in [-0.25, -0.2) is 4.79 Å². The van der Waals surface area contributed by atoms with Crippen LogP contribution in [0.2, 0.25) is 0 Å². The number of aromatic amines is 1. The van der Waals surface area contributed by atoms with E-state index in [-0.39, 0.29) is 17.0 Å². The number of hydrogen-bond acceptors (Lipinski definition) is 4. The number of H-pyrrole nitrogens is 1. The van der Waals surface area contributed by atoms with Crippen LogP contribution in [0.1, 0.15) is 38.5 Å². The van der Waals surface area contributed by atoms with Gasteiger partial charge in [-0.2, -0.15) is 5.10 Å². The van der Waals surface area contributed by atoms with Gasteiger partial charge in [0, 0.05) is 18.9 Å². The number of pyridine rings is 1. The van der Waals surface area contributed by atoms with E-state index in [1.165, 1.54) is 18.5 Å². The predicted molar refractivity (Wildman–Crippen MR) is 74.5 cm³/mol. The van der Waals surface area contributed by atoms with Gasteiger partial charge in [-0.15, -0.1) is 0 Å². The number of aromatic nitrogens is 3. The van der Waals surface area contributed by atoms with Crippen molar-refractivity contribution in [2.75, 3.05) is 11.4 Å². The zero-order valence-corrected chi connectivity index (χ0v) is 11.5. The number of aromatic carboxylic acids is 1. The maximum Gasteiger partial charge on any atom is 0.337 e. The van der Waals surface area contributed by atoms with Gasteiger partial charge in [-0.1, -0.05) is 0 Å². The van der Waals surface area contributed by atoms with Crippen molar-refractivity contribution in [1.29, 1.82) is 0 Å². The number of carboxylic acid groups (broad SMARTS) is 1. The van der Waals surface area contributed by atoms with Crippen molar-refractivity contribution in [1.82, 2.24) is 15.2 Å². The Hall–Kier alpha value is -2.70. The molecule has 108 valence electrons. The topological polar surface area (TPSA) is 99.2 Å². The minimum atomic E-state index is -1.10. The molecule has 2 aromatic rings. The number of anilines is 1. The number of fused-ring (bicyclic) bond motifs is 1. The molecule has 1 aliphatic rings. The van der Waals surface area contributed by atoms with Gasteiger partial charge < -0.3 is 10.0 Å². The molecule has 0 atom stereocenters. The lowest BCUT2D eigenvalue weighted by Gasteiger charge is -2.27. The Morgan fingerprint density at radius 1 is 1.33 bits per heavy atom. The quantitative estimate of drug-likeness (QED) is 0.869. The monoisotopic (exact) mass is 286 g/mol. The SMILES string of the molecule is Cc1[nH]nc2c1N(C(=O)c1cncc(C(=O)O)c1)CCC2. The van der Waals surface area contributed by atoms with Crippen molar-refractivity contribution in [3.8, 4) is 0 Å². The van der Waals surface area contributed by atoms with Crippen LogP contribution in [0.15, 0.2) is 18.5 Å². The van der Waals surface area contributed by atoms with Crippen molar-refractivity contribution >= 4 is 17.6 Å². The smallest absolute Gasteiger partial charge is 0.337 e. The number of rotatable bonds is 2. The van der Waals surface area contributed by atoms with Crippen LogP contribution >= 0.6 is 0 Å². The van der Waals surface area contributed by atoms with Gasteiger partial charge in [-0.3, -0.25) is 14.9 Å². The van der Waals surface area contributed by atoms with Gasteiger partial charge in [0.15, 0.2) is 0 Å². The molecular formula is C14H14N4O3. The van der Waals surface area contributed by atoms with E-state index >= 15 is 0 Å². The molecule has 2 aromatic heterocycles. The molecule has 0 saturated carbocycles. The van der Waals surface area contributed by atoms with Crippen LogP contribution in [0.3, 0.4) is 0 Å². The summed E-state index contributed by atoms with van der Waals surface area (Å²) in [5.74, 6) is -1.35. The molecule has 0 radical (unpaired) electrons. The molecule has 0 spiro atoms. The second-order valence-corrected chi connectivity index (χ2v) is 4.97.